The number of thiocyanates is 1. The number of benzene rings is 1. The monoisotopic (exact) mass is 293 g/mol. The van der Waals surface area contributed by atoms with Gasteiger partial charge in [-0.1, -0.05) is 0 Å². The molecule has 5 heteroatoms. The lowest BCUT2D eigenvalue weighted by Crippen LogP contribution is -2.40. The molecule has 0 unspecified atom stereocenters. The number of carbonyl (C=O) groups excluding carboxylic acids is 1. The largest absolute Gasteiger partial charge is 0.476 e. The van der Waals surface area contributed by atoms with Crippen molar-refractivity contribution in [3.8, 4) is 11.2 Å². The van der Waals surface area contributed by atoms with Crippen LogP contribution in [-0.2, 0) is 9.53 Å². The minimum Gasteiger partial charge on any atom is -0.476 e. The number of nitrogens with zero attached hydrogens (tertiary/aromatic N) is 1. The maximum atomic E-state index is 11.9. The molecule has 0 spiro atoms. The third-order valence-corrected chi connectivity index (χ3v) is 3.28. The van der Waals surface area contributed by atoms with Crippen molar-refractivity contribution in [2.75, 3.05) is 6.61 Å². The summed E-state index contributed by atoms with van der Waals surface area (Å²) >= 11 is 1.10. The maximum Gasteiger partial charge on any atom is 0.349 e. The summed E-state index contributed by atoms with van der Waals surface area (Å²) in [4.78, 5) is 12.7. The van der Waals surface area contributed by atoms with Gasteiger partial charge in [0.05, 0.1) is 6.61 Å². The van der Waals surface area contributed by atoms with E-state index in [2.05, 4.69) is 0 Å². The molecule has 0 saturated carbocycles. The highest BCUT2D eigenvalue weighted by Crippen LogP contribution is 2.32. The van der Waals surface area contributed by atoms with Gasteiger partial charge in [-0.3, -0.25) is 0 Å². The highest BCUT2D eigenvalue weighted by atomic mass is 32.2. The van der Waals surface area contributed by atoms with Crippen molar-refractivity contribution >= 4 is 17.7 Å². The van der Waals surface area contributed by atoms with Crippen LogP contribution in [0.15, 0.2) is 17.0 Å². The molecule has 0 aliphatic heterocycles. The summed E-state index contributed by atoms with van der Waals surface area (Å²) in [7, 11) is 0. The number of aryl methyl sites for hydroxylation is 2. The minimum absolute atomic E-state index is 0.321. The minimum atomic E-state index is -1.05. The lowest BCUT2D eigenvalue weighted by molar-refractivity contribution is -0.158. The summed E-state index contributed by atoms with van der Waals surface area (Å²) in [5.74, 6) is 0.264. The SMILES string of the molecule is CCOC(=O)C(C)(C)Oc1c(C)cc(SC#N)cc1C. The molecule has 0 N–H and O–H groups in total. The van der Waals surface area contributed by atoms with Gasteiger partial charge in [0.1, 0.15) is 11.2 Å². The molecule has 0 saturated heterocycles. The average Bonchev–Trinajstić information content (AvgIpc) is 2.34. The van der Waals surface area contributed by atoms with Gasteiger partial charge in [0.15, 0.2) is 5.60 Å². The number of nitriles is 1. The molecule has 0 aliphatic rings. The van der Waals surface area contributed by atoms with Crippen LogP contribution in [-0.4, -0.2) is 18.2 Å². The average molecular weight is 293 g/mol. The summed E-state index contributed by atoms with van der Waals surface area (Å²) in [6.45, 7) is 9.24. The Morgan fingerprint density at radius 1 is 1.35 bits per heavy atom. The van der Waals surface area contributed by atoms with Gasteiger partial charge >= 0.3 is 5.97 Å². The molecule has 0 aromatic heterocycles. The summed E-state index contributed by atoms with van der Waals surface area (Å²) in [5.41, 5.74) is 0.732. The van der Waals surface area contributed by atoms with Gasteiger partial charge < -0.3 is 9.47 Å². The summed E-state index contributed by atoms with van der Waals surface area (Å²) in [5, 5.41) is 10.8. The standard InChI is InChI=1S/C15H19NO3S/c1-6-18-14(17)15(4,5)19-13-10(2)7-12(20-9-16)8-11(13)3/h7-8H,6H2,1-5H3. The van der Waals surface area contributed by atoms with Gasteiger partial charge in [-0.2, -0.15) is 5.26 Å². The van der Waals surface area contributed by atoms with Crippen LogP contribution in [0.1, 0.15) is 31.9 Å². The van der Waals surface area contributed by atoms with Gasteiger partial charge in [0, 0.05) is 4.90 Å². The molecular weight excluding hydrogens is 274 g/mol. The molecule has 20 heavy (non-hydrogen) atoms. The third kappa shape index (κ3) is 3.91. The molecule has 0 amide bonds. The van der Waals surface area contributed by atoms with E-state index in [1.807, 2.05) is 31.4 Å². The van der Waals surface area contributed by atoms with Gasteiger partial charge in [-0.25, -0.2) is 4.79 Å². The van der Waals surface area contributed by atoms with Crippen molar-refractivity contribution in [1.82, 2.24) is 0 Å². The number of thioether (sulfide) groups is 1. The summed E-state index contributed by atoms with van der Waals surface area (Å²) in [6, 6.07) is 3.74. The second kappa shape index (κ2) is 6.67. The molecule has 0 aliphatic carbocycles. The van der Waals surface area contributed by atoms with E-state index in [9.17, 15) is 4.79 Å². The first-order valence-corrected chi connectivity index (χ1v) is 7.17. The van der Waals surface area contributed by atoms with Gasteiger partial charge in [-0.15, -0.1) is 0 Å². The van der Waals surface area contributed by atoms with Crippen LogP contribution < -0.4 is 4.74 Å². The zero-order valence-corrected chi connectivity index (χ0v) is 13.3. The number of esters is 1. The van der Waals surface area contributed by atoms with Crippen LogP contribution in [0, 0.1) is 24.5 Å². The predicted octanol–water partition coefficient (Wildman–Crippen LogP) is 3.60. The Morgan fingerprint density at radius 3 is 2.35 bits per heavy atom. The lowest BCUT2D eigenvalue weighted by Gasteiger charge is -2.26. The van der Waals surface area contributed by atoms with E-state index in [1.54, 1.807) is 20.8 Å². The Kier molecular flexibility index (Phi) is 5.46. The Bertz CT molecular complexity index is 524. The Morgan fingerprint density at radius 2 is 1.90 bits per heavy atom. The molecule has 1 aromatic rings. The van der Waals surface area contributed by atoms with Crippen LogP contribution in [0.2, 0.25) is 0 Å². The summed E-state index contributed by atoms with van der Waals surface area (Å²) < 4.78 is 10.9. The molecule has 108 valence electrons. The fourth-order valence-corrected chi connectivity index (χ4v) is 2.36. The highest BCUT2D eigenvalue weighted by molar-refractivity contribution is 8.03. The molecule has 1 rings (SSSR count). The predicted molar refractivity (Wildman–Crippen MR) is 78.7 cm³/mol. The molecular formula is C15H19NO3S. The van der Waals surface area contributed by atoms with E-state index in [4.69, 9.17) is 14.7 Å². The van der Waals surface area contributed by atoms with E-state index < -0.39 is 11.6 Å². The molecule has 1 aromatic carbocycles. The van der Waals surface area contributed by atoms with Crippen molar-refractivity contribution in [2.24, 2.45) is 0 Å². The first-order valence-electron chi connectivity index (χ1n) is 6.35. The first-order chi connectivity index (χ1) is 9.31. The van der Waals surface area contributed by atoms with Crippen molar-refractivity contribution < 1.29 is 14.3 Å². The highest BCUT2D eigenvalue weighted by Gasteiger charge is 2.32. The molecule has 0 atom stereocenters. The second-order valence-corrected chi connectivity index (χ2v) is 5.77. The maximum absolute atomic E-state index is 11.9. The van der Waals surface area contributed by atoms with Crippen molar-refractivity contribution in [3.05, 3.63) is 23.3 Å². The number of hydrogen-bond donors (Lipinski definition) is 0. The Labute approximate surface area is 124 Å². The van der Waals surface area contributed by atoms with Crippen molar-refractivity contribution in [2.45, 2.75) is 45.1 Å². The van der Waals surface area contributed by atoms with E-state index in [0.717, 1.165) is 27.8 Å². The number of rotatable bonds is 5. The van der Waals surface area contributed by atoms with Gasteiger partial charge in [0.25, 0.3) is 0 Å². The van der Waals surface area contributed by atoms with Crippen LogP contribution in [0.3, 0.4) is 0 Å². The lowest BCUT2D eigenvalue weighted by atomic mass is 10.1. The van der Waals surface area contributed by atoms with Crippen molar-refractivity contribution in [1.29, 1.82) is 5.26 Å². The normalized spacial score (nSPS) is 10.8. The molecule has 0 fully saturated rings. The fraction of sp³-hybridized carbons (Fsp3) is 0.467. The first kappa shape index (κ1) is 16.4. The van der Waals surface area contributed by atoms with E-state index >= 15 is 0 Å². The van der Waals surface area contributed by atoms with E-state index in [-0.39, 0.29) is 0 Å². The zero-order chi connectivity index (χ0) is 15.3. The van der Waals surface area contributed by atoms with Crippen LogP contribution >= 0.6 is 11.8 Å². The number of carbonyl (C=O) groups is 1. The molecule has 0 heterocycles. The van der Waals surface area contributed by atoms with Gasteiger partial charge in [0.2, 0.25) is 0 Å². The number of hydrogen-bond acceptors (Lipinski definition) is 5. The third-order valence-electron chi connectivity index (χ3n) is 2.72. The van der Waals surface area contributed by atoms with E-state index in [0.29, 0.717) is 12.4 Å². The molecule has 4 nitrogen and oxygen atoms in total. The quantitative estimate of drug-likeness (QED) is 0.471. The van der Waals surface area contributed by atoms with Crippen LogP contribution in [0.25, 0.3) is 0 Å². The Balaban J connectivity index is 3.04. The second-order valence-electron chi connectivity index (χ2n) is 4.91. The van der Waals surface area contributed by atoms with Gasteiger partial charge in [-0.05, 0) is 69.6 Å². The Hall–Kier alpha value is -1.67. The van der Waals surface area contributed by atoms with Crippen LogP contribution in [0.5, 0.6) is 5.75 Å². The van der Waals surface area contributed by atoms with E-state index in [1.165, 1.54) is 0 Å². The zero-order valence-electron chi connectivity index (χ0n) is 12.4. The summed E-state index contributed by atoms with van der Waals surface area (Å²) in [6.07, 6.45) is 0. The smallest absolute Gasteiger partial charge is 0.349 e. The van der Waals surface area contributed by atoms with Crippen molar-refractivity contribution in [3.63, 3.8) is 0 Å². The topological polar surface area (TPSA) is 59.3 Å². The number of ether oxygens (including phenoxy) is 2. The fourth-order valence-electron chi connectivity index (χ4n) is 1.78. The van der Waals surface area contributed by atoms with Crippen LogP contribution in [0.4, 0.5) is 0 Å². The molecule has 0 bridgehead atoms. The molecule has 0 radical (unpaired) electrons.